The van der Waals surface area contributed by atoms with Crippen molar-refractivity contribution in [1.29, 1.82) is 0 Å². The summed E-state index contributed by atoms with van der Waals surface area (Å²) in [7, 11) is 0. The molecular formula is C10H20O3. The van der Waals surface area contributed by atoms with Gasteiger partial charge in [0, 0.05) is 6.42 Å². The predicted molar refractivity (Wildman–Crippen MR) is 50.4 cm³/mol. The highest BCUT2D eigenvalue weighted by Crippen LogP contribution is 2.32. The molecule has 1 heterocycles. The largest absolute Gasteiger partial charge is 0.390 e. The topological polar surface area (TPSA) is 49.7 Å². The minimum Gasteiger partial charge on any atom is -0.390 e. The fourth-order valence-corrected chi connectivity index (χ4v) is 1.78. The molecular weight excluding hydrogens is 168 g/mol. The van der Waals surface area contributed by atoms with Crippen molar-refractivity contribution in [3.8, 4) is 0 Å². The zero-order valence-corrected chi connectivity index (χ0v) is 8.82. The molecule has 0 spiro atoms. The van der Waals surface area contributed by atoms with Gasteiger partial charge in [-0.05, 0) is 12.3 Å². The monoisotopic (exact) mass is 188 g/mol. The molecule has 1 aliphatic heterocycles. The van der Waals surface area contributed by atoms with E-state index in [2.05, 4.69) is 0 Å². The van der Waals surface area contributed by atoms with Gasteiger partial charge in [0.2, 0.25) is 0 Å². The van der Waals surface area contributed by atoms with E-state index in [-0.39, 0.29) is 17.6 Å². The molecule has 0 saturated carbocycles. The first kappa shape index (κ1) is 11.0. The standard InChI is InChI=1S/C10H20O3/c1-6-5-7(11)8(12)9(13-6)10(2,3)4/h6-9,11-12H,5H2,1-4H3. The average Bonchev–Trinajstić information content (AvgIpc) is 1.94. The first-order chi connectivity index (χ1) is 5.82. The van der Waals surface area contributed by atoms with Crippen molar-refractivity contribution >= 4 is 0 Å². The number of aliphatic hydroxyl groups excluding tert-OH is 2. The molecule has 2 N–H and O–H groups in total. The number of hydrogen-bond acceptors (Lipinski definition) is 3. The fourth-order valence-electron chi connectivity index (χ4n) is 1.78. The van der Waals surface area contributed by atoms with Crippen LogP contribution < -0.4 is 0 Å². The van der Waals surface area contributed by atoms with Crippen LogP contribution in [-0.4, -0.2) is 34.6 Å². The third-order valence-electron chi connectivity index (χ3n) is 2.51. The van der Waals surface area contributed by atoms with Gasteiger partial charge in [0.15, 0.2) is 0 Å². The van der Waals surface area contributed by atoms with E-state index in [1.165, 1.54) is 0 Å². The first-order valence-electron chi connectivity index (χ1n) is 4.84. The molecule has 0 aliphatic carbocycles. The van der Waals surface area contributed by atoms with Crippen LogP contribution in [0.15, 0.2) is 0 Å². The molecule has 0 radical (unpaired) electrons. The third-order valence-corrected chi connectivity index (χ3v) is 2.51. The van der Waals surface area contributed by atoms with Crippen LogP contribution in [0.5, 0.6) is 0 Å². The lowest BCUT2D eigenvalue weighted by molar-refractivity contribution is -0.194. The number of aliphatic hydroxyl groups is 2. The molecule has 4 unspecified atom stereocenters. The molecule has 3 nitrogen and oxygen atoms in total. The first-order valence-corrected chi connectivity index (χ1v) is 4.84. The lowest BCUT2D eigenvalue weighted by Crippen LogP contribution is -2.52. The molecule has 13 heavy (non-hydrogen) atoms. The molecule has 1 aliphatic rings. The maximum atomic E-state index is 9.72. The molecule has 0 amide bonds. The molecule has 0 aromatic rings. The summed E-state index contributed by atoms with van der Waals surface area (Å²) >= 11 is 0. The fraction of sp³-hybridized carbons (Fsp3) is 1.00. The Kier molecular flexibility index (Phi) is 3.00. The SMILES string of the molecule is CC1CC(O)C(O)C(C(C)(C)C)O1. The van der Waals surface area contributed by atoms with Crippen LogP contribution in [0, 0.1) is 5.41 Å². The van der Waals surface area contributed by atoms with Gasteiger partial charge in [0.05, 0.1) is 18.3 Å². The Hall–Kier alpha value is -0.120. The zero-order valence-electron chi connectivity index (χ0n) is 8.82. The summed E-state index contributed by atoms with van der Waals surface area (Å²) in [4.78, 5) is 0. The summed E-state index contributed by atoms with van der Waals surface area (Å²) in [5.74, 6) is 0. The minimum atomic E-state index is -0.754. The van der Waals surface area contributed by atoms with Crippen molar-refractivity contribution in [2.45, 2.75) is 58.5 Å². The lowest BCUT2D eigenvalue weighted by atomic mass is 9.81. The maximum absolute atomic E-state index is 9.72. The second-order valence-electron chi connectivity index (χ2n) is 5.03. The van der Waals surface area contributed by atoms with Crippen molar-refractivity contribution in [3.05, 3.63) is 0 Å². The highest BCUT2D eigenvalue weighted by molar-refractivity contribution is 4.90. The van der Waals surface area contributed by atoms with E-state index in [1.54, 1.807) is 0 Å². The van der Waals surface area contributed by atoms with E-state index >= 15 is 0 Å². The third kappa shape index (κ3) is 2.42. The van der Waals surface area contributed by atoms with Crippen LogP contribution in [0.25, 0.3) is 0 Å². The van der Waals surface area contributed by atoms with E-state index in [4.69, 9.17) is 4.74 Å². The molecule has 1 fully saturated rings. The molecule has 78 valence electrons. The van der Waals surface area contributed by atoms with Gasteiger partial charge in [-0.1, -0.05) is 20.8 Å². The van der Waals surface area contributed by atoms with Crippen LogP contribution in [0.1, 0.15) is 34.1 Å². The minimum absolute atomic E-state index is 0.0302. The van der Waals surface area contributed by atoms with Crippen molar-refractivity contribution in [3.63, 3.8) is 0 Å². The molecule has 0 aromatic carbocycles. The van der Waals surface area contributed by atoms with Crippen molar-refractivity contribution < 1.29 is 14.9 Å². The molecule has 0 aromatic heterocycles. The number of rotatable bonds is 0. The van der Waals surface area contributed by atoms with E-state index in [1.807, 2.05) is 27.7 Å². The Morgan fingerprint density at radius 1 is 1.23 bits per heavy atom. The van der Waals surface area contributed by atoms with E-state index in [0.717, 1.165) is 0 Å². The Bertz CT molecular complexity index is 173. The summed E-state index contributed by atoms with van der Waals surface area (Å²) in [6.07, 6.45) is -1.12. The Balaban J connectivity index is 2.72. The summed E-state index contributed by atoms with van der Waals surface area (Å²) in [6, 6.07) is 0. The molecule has 0 bridgehead atoms. The van der Waals surface area contributed by atoms with Gasteiger partial charge in [-0.25, -0.2) is 0 Å². The lowest BCUT2D eigenvalue weighted by Gasteiger charge is -2.42. The Labute approximate surface area is 79.7 Å². The highest BCUT2D eigenvalue weighted by atomic mass is 16.5. The normalized spacial score (nSPS) is 42.0. The molecule has 3 heteroatoms. The van der Waals surface area contributed by atoms with Crippen molar-refractivity contribution in [1.82, 2.24) is 0 Å². The predicted octanol–water partition coefficient (Wildman–Crippen LogP) is 0.932. The molecule has 1 saturated heterocycles. The number of hydrogen-bond donors (Lipinski definition) is 2. The summed E-state index contributed by atoms with van der Waals surface area (Å²) in [6.45, 7) is 7.94. The van der Waals surface area contributed by atoms with Gasteiger partial charge >= 0.3 is 0 Å². The van der Waals surface area contributed by atoms with Crippen LogP contribution in [0.2, 0.25) is 0 Å². The van der Waals surface area contributed by atoms with Crippen molar-refractivity contribution in [2.24, 2.45) is 5.41 Å². The second kappa shape index (κ2) is 3.56. The molecule has 4 atom stereocenters. The highest BCUT2D eigenvalue weighted by Gasteiger charge is 2.41. The van der Waals surface area contributed by atoms with Crippen LogP contribution in [0.4, 0.5) is 0 Å². The maximum Gasteiger partial charge on any atom is 0.107 e. The Morgan fingerprint density at radius 2 is 1.77 bits per heavy atom. The summed E-state index contributed by atoms with van der Waals surface area (Å²) < 4.78 is 5.62. The van der Waals surface area contributed by atoms with Crippen LogP contribution in [-0.2, 0) is 4.74 Å². The van der Waals surface area contributed by atoms with E-state index < -0.39 is 12.2 Å². The van der Waals surface area contributed by atoms with Gasteiger partial charge in [-0.3, -0.25) is 0 Å². The summed E-state index contributed by atoms with van der Waals surface area (Å²) in [5, 5.41) is 19.3. The van der Waals surface area contributed by atoms with Gasteiger partial charge in [-0.2, -0.15) is 0 Å². The smallest absolute Gasteiger partial charge is 0.107 e. The zero-order chi connectivity index (χ0) is 10.2. The van der Waals surface area contributed by atoms with E-state index in [0.29, 0.717) is 6.42 Å². The average molecular weight is 188 g/mol. The van der Waals surface area contributed by atoms with Gasteiger partial charge < -0.3 is 14.9 Å². The second-order valence-corrected chi connectivity index (χ2v) is 5.03. The van der Waals surface area contributed by atoms with Gasteiger partial charge in [0.1, 0.15) is 6.10 Å². The van der Waals surface area contributed by atoms with E-state index in [9.17, 15) is 10.2 Å². The Morgan fingerprint density at radius 3 is 2.23 bits per heavy atom. The van der Waals surface area contributed by atoms with Crippen LogP contribution in [0.3, 0.4) is 0 Å². The number of ether oxygens (including phenoxy) is 1. The van der Waals surface area contributed by atoms with Gasteiger partial charge in [0.25, 0.3) is 0 Å². The van der Waals surface area contributed by atoms with Crippen molar-refractivity contribution in [2.75, 3.05) is 0 Å². The van der Waals surface area contributed by atoms with Crippen LogP contribution >= 0.6 is 0 Å². The quantitative estimate of drug-likeness (QED) is 0.594. The summed E-state index contributed by atoms with van der Waals surface area (Å²) in [5.41, 5.74) is -0.130. The molecule has 1 rings (SSSR count). The van der Waals surface area contributed by atoms with Gasteiger partial charge in [-0.15, -0.1) is 0 Å².